The van der Waals surface area contributed by atoms with Crippen LogP contribution in [0.4, 0.5) is 0 Å². The Balaban J connectivity index is 0.00000225. The van der Waals surface area contributed by atoms with E-state index in [4.69, 9.17) is 0 Å². The molecule has 1 heterocycles. The third kappa shape index (κ3) is 6.81. The van der Waals surface area contributed by atoms with Crippen LogP contribution in [0.1, 0.15) is 69.8 Å². The number of benzene rings is 1. The number of carbonyl (C=O) groups is 1. The van der Waals surface area contributed by atoms with Gasteiger partial charge in [-0.1, -0.05) is 71.1 Å². The molecule has 167 valence electrons. The van der Waals surface area contributed by atoms with E-state index in [1.54, 1.807) is 16.4 Å². The van der Waals surface area contributed by atoms with Crippen LogP contribution >= 0.6 is 0 Å². The lowest BCUT2D eigenvalue weighted by Gasteiger charge is -2.35. The Kier molecular flexibility index (Phi) is 11.1. The summed E-state index contributed by atoms with van der Waals surface area (Å²) in [6, 6.07) is 6.86. The van der Waals surface area contributed by atoms with Gasteiger partial charge in [0.05, 0.1) is 10.8 Å². The first-order valence-corrected chi connectivity index (χ1v) is 12.1. The average Bonchev–Trinajstić information content (AvgIpc) is 2.66. The van der Waals surface area contributed by atoms with Gasteiger partial charge in [-0.2, -0.15) is 4.31 Å². The van der Waals surface area contributed by atoms with E-state index in [-0.39, 0.29) is 26.8 Å². The topological polar surface area (TPSA) is 66.5 Å². The molecule has 1 aromatic carbocycles. The zero-order chi connectivity index (χ0) is 20.0. The van der Waals surface area contributed by atoms with E-state index >= 15 is 0 Å². The number of amides is 1. The van der Waals surface area contributed by atoms with Crippen molar-refractivity contribution in [2.24, 2.45) is 0 Å². The smallest absolute Gasteiger partial charge is 0.243 e. The van der Waals surface area contributed by atoms with Gasteiger partial charge in [-0.25, -0.2) is 8.42 Å². The van der Waals surface area contributed by atoms with Crippen LogP contribution < -0.4 is 5.32 Å². The maximum atomic E-state index is 13.1. The van der Waals surface area contributed by atoms with E-state index in [0.717, 1.165) is 56.4 Å². The highest BCUT2D eigenvalue weighted by Crippen LogP contribution is 2.27. The minimum Gasteiger partial charge on any atom is -0.354 e. The Morgan fingerprint density at radius 2 is 1.57 bits per heavy atom. The van der Waals surface area contributed by atoms with Crippen molar-refractivity contribution in [3.05, 3.63) is 50.6 Å². The van der Waals surface area contributed by atoms with Crippen LogP contribution in [0.3, 0.4) is 0 Å². The SMILES string of the molecule is Cc1ccc(S(=O)(=O)N2CCCCC2CNC(=O)[C]2CCCCCCC2)cc1.[CH2].[CH2]. The molecule has 1 aliphatic heterocycles. The molecule has 2 aliphatic rings. The van der Waals surface area contributed by atoms with Crippen molar-refractivity contribution in [1.82, 2.24) is 9.62 Å². The molecular weight excluding hydrogens is 396 g/mol. The van der Waals surface area contributed by atoms with E-state index in [9.17, 15) is 13.2 Å². The quantitative estimate of drug-likeness (QED) is 0.736. The van der Waals surface area contributed by atoms with Gasteiger partial charge < -0.3 is 5.32 Å². The summed E-state index contributed by atoms with van der Waals surface area (Å²) >= 11 is 0. The lowest BCUT2D eigenvalue weighted by Crippen LogP contribution is -2.49. The van der Waals surface area contributed by atoms with E-state index in [0.29, 0.717) is 18.0 Å². The fourth-order valence-electron chi connectivity index (χ4n) is 4.23. The summed E-state index contributed by atoms with van der Waals surface area (Å²) < 4.78 is 27.9. The van der Waals surface area contributed by atoms with Gasteiger partial charge in [-0.15, -0.1) is 0 Å². The third-order valence-corrected chi connectivity index (χ3v) is 7.94. The lowest BCUT2D eigenvalue weighted by molar-refractivity contribution is -0.120. The monoisotopic (exact) mass is 433 g/mol. The van der Waals surface area contributed by atoms with Crippen LogP contribution in [-0.4, -0.2) is 37.8 Å². The minimum absolute atomic E-state index is 0. The molecule has 6 heteroatoms. The molecular formula is C24H37N2O3S. The molecule has 2 fully saturated rings. The van der Waals surface area contributed by atoms with Crippen molar-refractivity contribution in [3.63, 3.8) is 0 Å². The second kappa shape index (κ2) is 12.5. The number of carbonyl (C=O) groups excluding carboxylic acids is 1. The van der Waals surface area contributed by atoms with Crippen LogP contribution in [-0.2, 0) is 14.8 Å². The molecule has 1 saturated heterocycles. The van der Waals surface area contributed by atoms with Gasteiger partial charge in [0.2, 0.25) is 15.9 Å². The number of hydrogen-bond acceptors (Lipinski definition) is 3. The molecule has 0 aromatic heterocycles. The highest BCUT2D eigenvalue weighted by molar-refractivity contribution is 7.89. The number of piperidine rings is 1. The number of sulfonamides is 1. The first kappa shape index (κ1) is 26.6. The average molecular weight is 434 g/mol. The molecule has 30 heavy (non-hydrogen) atoms. The maximum absolute atomic E-state index is 13.1. The Bertz CT molecular complexity index is 738. The Labute approximate surface area is 184 Å². The van der Waals surface area contributed by atoms with Crippen molar-refractivity contribution in [2.75, 3.05) is 13.1 Å². The van der Waals surface area contributed by atoms with Gasteiger partial charge in [-0.05, 0) is 44.7 Å². The first-order chi connectivity index (χ1) is 13.5. The summed E-state index contributed by atoms with van der Waals surface area (Å²) in [6.07, 6.45) is 10.2. The normalized spacial score (nSPS) is 21.4. The Morgan fingerprint density at radius 3 is 2.20 bits per heavy atom. The van der Waals surface area contributed by atoms with Crippen LogP contribution in [0.15, 0.2) is 29.2 Å². The highest BCUT2D eigenvalue weighted by Gasteiger charge is 2.34. The van der Waals surface area contributed by atoms with Gasteiger partial charge in [-0.3, -0.25) is 4.79 Å². The second-order valence-electron chi connectivity index (χ2n) is 8.16. The van der Waals surface area contributed by atoms with Crippen molar-refractivity contribution in [3.8, 4) is 0 Å². The zero-order valence-corrected chi connectivity index (χ0v) is 19.2. The van der Waals surface area contributed by atoms with Crippen molar-refractivity contribution < 1.29 is 13.2 Å². The van der Waals surface area contributed by atoms with E-state index in [2.05, 4.69) is 5.32 Å². The second-order valence-corrected chi connectivity index (χ2v) is 10.1. The van der Waals surface area contributed by atoms with Gasteiger partial charge in [0.1, 0.15) is 0 Å². The standard InChI is InChI=1S/C22H33N2O3S.2CH2/c1-18-12-14-21(15-13-18)28(26,27)24-16-8-7-11-20(24)17-23-22(25)19-9-5-3-2-4-6-10-19;;/h12-15,20H,2-11,16-17H2,1H3,(H,23,25);2*1H2. The fraction of sp³-hybridized carbons (Fsp3) is 0.583. The van der Waals surface area contributed by atoms with Crippen LogP contribution in [0.5, 0.6) is 0 Å². The summed E-state index contributed by atoms with van der Waals surface area (Å²) in [5.74, 6) is 1.02. The van der Waals surface area contributed by atoms with Gasteiger partial charge in [0, 0.05) is 19.1 Å². The van der Waals surface area contributed by atoms with Gasteiger partial charge in [0.15, 0.2) is 0 Å². The fourth-order valence-corrected chi connectivity index (χ4v) is 5.93. The molecule has 1 atom stereocenters. The van der Waals surface area contributed by atoms with Crippen molar-refractivity contribution in [2.45, 2.75) is 82.1 Å². The summed E-state index contributed by atoms with van der Waals surface area (Å²) in [6.45, 7) is 2.86. The largest absolute Gasteiger partial charge is 0.354 e. The molecule has 0 bridgehead atoms. The van der Waals surface area contributed by atoms with Crippen LogP contribution in [0.25, 0.3) is 0 Å². The number of nitrogens with zero attached hydrogens (tertiary/aromatic N) is 1. The molecule has 5 radical (unpaired) electrons. The van der Waals surface area contributed by atoms with Crippen molar-refractivity contribution in [1.29, 1.82) is 0 Å². The zero-order valence-electron chi connectivity index (χ0n) is 18.4. The highest BCUT2D eigenvalue weighted by atomic mass is 32.2. The Morgan fingerprint density at radius 1 is 0.967 bits per heavy atom. The summed E-state index contributed by atoms with van der Waals surface area (Å²) in [4.78, 5) is 13.0. The molecule has 1 saturated carbocycles. The van der Waals surface area contributed by atoms with E-state index < -0.39 is 10.0 Å². The predicted octanol–water partition coefficient (Wildman–Crippen LogP) is 4.63. The number of aryl methyl sites for hydroxylation is 1. The molecule has 1 N–H and O–H groups in total. The van der Waals surface area contributed by atoms with Gasteiger partial charge in [0.25, 0.3) is 0 Å². The molecule has 3 rings (SSSR count). The predicted molar refractivity (Wildman–Crippen MR) is 122 cm³/mol. The summed E-state index contributed by atoms with van der Waals surface area (Å²) in [5, 5.41) is 3.05. The van der Waals surface area contributed by atoms with E-state index in [1.165, 1.54) is 19.3 Å². The van der Waals surface area contributed by atoms with E-state index in [1.807, 2.05) is 19.1 Å². The van der Waals surface area contributed by atoms with Crippen LogP contribution in [0, 0.1) is 27.7 Å². The Hall–Kier alpha value is -1.40. The molecule has 5 nitrogen and oxygen atoms in total. The molecule has 1 unspecified atom stereocenters. The lowest BCUT2D eigenvalue weighted by atomic mass is 9.90. The maximum Gasteiger partial charge on any atom is 0.243 e. The van der Waals surface area contributed by atoms with Crippen molar-refractivity contribution >= 4 is 15.9 Å². The minimum atomic E-state index is -3.54. The molecule has 1 amide bonds. The summed E-state index contributed by atoms with van der Waals surface area (Å²) in [5.41, 5.74) is 1.04. The summed E-state index contributed by atoms with van der Waals surface area (Å²) in [7, 11) is -3.54. The van der Waals surface area contributed by atoms with Gasteiger partial charge >= 0.3 is 0 Å². The number of rotatable bonds is 5. The van der Waals surface area contributed by atoms with Crippen LogP contribution in [0.2, 0.25) is 0 Å². The molecule has 0 spiro atoms. The molecule has 1 aromatic rings. The third-order valence-electron chi connectivity index (χ3n) is 5.98. The number of hydrogen-bond donors (Lipinski definition) is 1. The number of nitrogens with one attached hydrogen (secondary N) is 1. The first-order valence-electron chi connectivity index (χ1n) is 10.7. The molecule has 1 aliphatic carbocycles.